The van der Waals surface area contributed by atoms with Crippen LogP contribution >= 0.6 is 0 Å². The van der Waals surface area contributed by atoms with Gasteiger partial charge in [-0.15, -0.1) is 0 Å². The lowest BCUT2D eigenvalue weighted by atomic mass is 10.1. The van der Waals surface area contributed by atoms with Gasteiger partial charge in [-0.2, -0.15) is 0 Å². The smallest absolute Gasteiger partial charge is 0.336 e. The summed E-state index contributed by atoms with van der Waals surface area (Å²) in [5.41, 5.74) is 0.727. The van der Waals surface area contributed by atoms with Crippen LogP contribution in [0.25, 0.3) is 0 Å². The highest BCUT2D eigenvalue weighted by Gasteiger charge is 2.33. The minimum Gasteiger partial charge on any atom is -0.478 e. The van der Waals surface area contributed by atoms with Crippen molar-refractivity contribution in [2.45, 2.75) is 19.9 Å². The zero-order chi connectivity index (χ0) is 13.3. The summed E-state index contributed by atoms with van der Waals surface area (Å²) >= 11 is 0. The van der Waals surface area contributed by atoms with Crippen LogP contribution in [0.1, 0.15) is 29.3 Å². The van der Waals surface area contributed by atoms with Crippen molar-refractivity contribution in [3.8, 4) is 0 Å². The summed E-state index contributed by atoms with van der Waals surface area (Å²) in [6.07, 6.45) is 1.25. The Morgan fingerprint density at radius 2 is 2.22 bits per heavy atom. The van der Waals surface area contributed by atoms with Gasteiger partial charge >= 0.3 is 5.97 Å². The predicted octanol–water partition coefficient (Wildman–Crippen LogP) is 2.61. The Labute approximate surface area is 106 Å². The molecule has 98 valence electrons. The lowest BCUT2D eigenvalue weighted by Crippen LogP contribution is -2.22. The summed E-state index contributed by atoms with van der Waals surface area (Å²) in [6.45, 7) is 3.74. The van der Waals surface area contributed by atoms with E-state index in [1.165, 1.54) is 12.5 Å². The molecule has 1 N–H and O–H groups in total. The standard InChI is InChI=1S/C14H18FNO2/c1-9-5-11(9)8-16(2)7-10-3-4-12(15)6-13(10)14(17)18/h3-4,6,9,11H,5,7-8H2,1-2H3,(H,17,18). The van der Waals surface area contributed by atoms with Crippen molar-refractivity contribution in [1.29, 1.82) is 0 Å². The highest BCUT2D eigenvalue weighted by atomic mass is 19.1. The summed E-state index contributed by atoms with van der Waals surface area (Å²) in [4.78, 5) is 13.2. The van der Waals surface area contributed by atoms with Crippen LogP contribution < -0.4 is 0 Å². The molecule has 0 radical (unpaired) electrons. The Morgan fingerprint density at radius 3 is 2.78 bits per heavy atom. The van der Waals surface area contributed by atoms with Gasteiger partial charge in [0.1, 0.15) is 5.82 Å². The molecular formula is C14H18FNO2. The first-order chi connectivity index (χ1) is 8.47. The molecule has 18 heavy (non-hydrogen) atoms. The number of rotatable bonds is 5. The van der Waals surface area contributed by atoms with E-state index >= 15 is 0 Å². The van der Waals surface area contributed by atoms with Gasteiger partial charge in [0.25, 0.3) is 0 Å². The zero-order valence-electron chi connectivity index (χ0n) is 10.7. The van der Waals surface area contributed by atoms with E-state index in [-0.39, 0.29) is 5.56 Å². The third-order valence-corrected chi connectivity index (χ3v) is 3.56. The number of hydrogen-bond donors (Lipinski definition) is 1. The van der Waals surface area contributed by atoms with Gasteiger partial charge in [0.15, 0.2) is 0 Å². The molecule has 2 rings (SSSR count). The SMILES string of the molecule is CC1CC1CN(C)Cc1ccc(F)cc1C(=O)O. The molecule has 0 aliphatic heterocycles. The molecule has 2 atom stereocenters. The van der Waals surface area contributed by atoms with Gasteiger partial charge in [-0.3, -0.25) is 0 Å². The highest BCUT2D eigenvalue weighted by molar-refractivity contribution is 5.89. The number of benzene rings is 1. The molecule has 3 nitrogen and oxygen atoms in total. The van der Waals surface area contributed by atoms with Gasteiger partial charge in [-0.1, -0.05) is 13.0 Å². The summed E-state index contributed by atoms with van der Waals surface area (Å²) < 4.78 is 13.0. The quantitative estimate of drug-likeness (QED) is 0.874. The van der Waals surface area contributed by atoms with E-state index in [2.05, 4.69) is 11.8 Å². The molecular weight excluding hydrogens is 233 g/mol. The number of nitrogens with zero attached hydrogens (tertiary/aromatic N) is 1. The van der Waals surface area contributed by atoms with Crippen molar-refractivity contribution in [2.75, 3.05) is 13.6 Å². The van der Waals surface area contributed by atoms with Gasteiger partial charge in [-0.25, -0.2) is 9.18 Å². The number of hydrogen-bond acceptors (Lipinski definition) is 2. The normalized spacial score (nSPS) is 22.2. The van der Waals surface area contributed by atoms with Crippen molar-refractivity contribution in [3.63, 3.8) is 0 Å². The Balaban J connectivity index is 2.05. The van der Waals surface area contributed by atoms with Crippen molar-refractivity contribution in [2.24, 2.45) is 11.8 Å². The van der Waals surface area contributed by atoms with Gasteiger partial charge < -0.3 is 10.0 Å². The van der Waals surface area contributed by atoms with Crippen LogP contribution in [0, 0.1) is 17.7 Å². The second-order valence-electron chi connectivity index (χ2n) is 5.28. The van der Waals surface area contributed by atoms with E-state index in [1.807, 2.05) is 7.05 Å². The molecule has 0 spiro atoms. The van der Waals surface area contributed by atoms with Crippen LogP contribution in [0.2, 0.25) is 0 Å². The van der Waals surface area contributed by atoms with Crippen molar-refractivity contribution < 1.29 is 14.3 Å². The first-order valence-corrected chi connectivity index (χ1v) is 6.17. The van der Waals surface area contributed by atoms with Gasteiger partial charge in [0.05, 0.1) is 5.56 Å². The van der Waals surface area contributed by atoms with E-state index in [9.17, 15) is 9.18 Å². The molecule has 0 heterocycles. The number of carboxylic acids is 1. The fourth-order valence-electron chi connectivity index (χ4n) is 2.29. The molecule has 1 aliphatic carbocycles. The fraction of sp³-hybridized carbons (Fsp3) is 0.500. The summed E-state index contributed by atoms with van der Waals surface area (Å²) in [5, 5.41) is 9.05. The van der Waals surface area contributed by atoms with Crippen LogP contribution in [0.5, 0.6) is 0 Å². The second kappa shape index (κ2) is 5.06. The molecule has 0 bridgehead atoms. The minimum atomic E-state index is -1.07. The molecule has 4 heteroatoms. The van der Waals surface area contributed by atoms with Crippen LogP contribution in [0.4, 0.5) is 4.39 Å². The second-order valence-corrected chi connectivity index (χ2v) is 5.28. The maximum absolute atomic E-state index is 13.0. The number of aromatic carboxylic acids is 1. The maximum Gasteiger partial charge on any atom is 0.336 e. The largest absolute Gasteiger partial charge is 0.478 e. The molecule has 1 fully saturated rings. The predicted molar refractivity (Wildman–Crippen MR) is 67.0 cm³/mol. The molecule has 0 amide bonds. The third kappa shape index (κ3) is 3.07. The Hall–Kier alpha value is -1.42. The Bertz CT molecular complexity index is 461. The Kier molecular flexibility index (Phi) is 3.66. The molecule has 1 aromatic carbocycles. The minimum absolute atomic E-state index is 0.0608. The first-order valence-electron chi connectivity index (χ1n) is 6.17. The monoisotopic (exact) mass is 251 g/mol. The maximum atomic E-state index is 13.0. The molecule has 1 aromatic rings. The average molecular weight is 251 g/mol. The summed E-state index contributed by atoms with van der Waals surface area (Å²) in [6, 6.07) is 3.96. The molecule has 1 aliphatic rings. The van der Waals surface area contributed by atoms with E-state index in [0.717, 1.165) is 24.4 Å². The molecule has 2 unspecified atom stereocenters. The number of carboxylic acid groups (broad SMARTS) is 1. The lowest BCUT2D eigenvalue weighted by molar-refractivity contribution is 0.0694. The average Bonchev–Trinajstić information content (AvgIpc) is 2.96. The molecule has 0 saturated heterocycles. The number of halogens is 1. The first kappa shape index (κ1) is 13.0. The van der Waals surface area contributed by atoms with Crippen LogP contribution in [0.3, 0.4) is 0 Å². The van der Waals surface area contributed by atoms with E-state index < -0.39 is 11.8 Å². The van der Waals surface area contributed by atoms with Crippen LogP contribution in [-0.2, 0) is 6.54 Å². The van der Waals surface area contributed by atoms with Crippen molar-refractivity contribution >= 4 is 5.97 Å². The fourth-order valence-corrected chi connectivity index (χ4v) is 2.29. The van der Waals surface area contributed by atoms with Crippen molar-refractivity contribution in [3.05, 3.63) is 35.1 Å². The molecule has 0 aromatic heterocycles. The van der Waals surface area contributed by atoms with E-state index in [0.29, 0.717) is 12.1 Å². The molecule has 1 saturated carbocycles. The highest BCUT2D eigenvalue weighted by Crippen LogP contribution is 2.38. The van der Waals surface area contributed by atoms with Gasteiger partial charge in [-0.05, 0) is 43.0 Å². The van der Waals surface area contributed by atoms with Crippen LogP contribution in [-0.4, -0.2) is 29.6 Å². The topological polar surface area (TPSA) is 40.5 Å². The zero-order valence-corrected chi connectivity index (χ0v) is 10.7. The third-order valence-electron chi connectivity index (χ3n) is 3.56. The van der Waals surface area contributed by atoms with Gasteiger partial charge in [0, 0.05) is 13.1 Å². The van der Waals surface area contributed by atoms with Crippen molar-refractivity contribution in [1.82, 2.24) is 4.90 Å². The van der Waals surface area contributed by atoms with E-state index in [1.54, 1.807) is 6.07 Å². The van der Waals surface area contributed by atoms with E-state index in [4.69, 9.17) is 5.11 Å². The van der Waals surface area contributed by atoms with Crippen LogP contribution in [0.15, 0.2) is 18.2 Å². The summed E-state index contributed by atoms with van der Waals surface area (Å²) in [5.74, 6) is -0.0735. The summed E-state index contributed by atoms with van der Waals surface area (Å²) in [7, 11) is 1.97. The number of carbonyl (C=O) groups is 1. The Morgan fingerprint density at radius 1 is 1.56 bits per heavy atom. The van der Waals surface area contributed by atoms with Gasteiger partial charge in [0.2, 0.25) is 0 Å². The lowest BCUT2D eigenvalue weighted by Gasteiger charge is -2.17.